The maximum atomic E-state index is 13.3. The summed E-state index contributed by atoms with van der Waals surface area (Å²) in [5.74, 6) is 4.96. The third-order valence-electron chi connectivity index (χ3n) is 10.4. The van der Waals surface area contributed by atoms with Crippen molar-refractivity contribution in [3.63, 3.8) is 0 Å². The highest BCUT2D eigenvalue weighted by atomic mass is 16.1. The van der Waals surface area contributed by atoms with Gasteiger partial charge >= 0.3 is 0 Å². The van der Waals surface area contributed by atoms with Crippen molar-refractivity contribution in [3.8, 4) is 6.07 Å². The summed E-state index contributed by atoms with van der Waals surface area (Å²) >= 11 is 0. The molecule has 0 aliphatic heterocycles. The molecular formula is C29H41N5O. The minimum atomic E-state index is 0.114. The molecule has 0 radical (unpaired) electrons. The molecule has 1 heterocycles. The number of Topliss-reactive ketones (excluding diaryl/α,β-unsaturated/α-hetero) is 1. The molecule has 6 heteroatoms. The summed E-state index contributed by atoms with van der Waals surface area (Å²) in [5.41, 5.74) is 0.560. The minimum Gasteiger partial charge on any atom is -0.383 e. The first kappa shape index (κ1) is 24.3. The highest BCUT2D eigenvalue weighted by Crippen LogP contribution is 2.65. The molecule has 4 fully saturated rings. The van der Waals surface area contributed by atoms with Crippen molar-refractivity contribution in [1.29, 1.82) is 5.26 Å². The van der Waals surface area contributed by atoms with Crippen LogP contribution in [0.1, 0.15) is 71.3 Å². The normalized spacial score (nSPS) is 41.0. The fourth-order valence-electron chi connectivity index (χ4n) is 9.13. The molecule has 0 bridgehead atoms. The van der Waals surface area contributed by atoms with E-state index in [-0.39, 0.29) is 11.3 Å². The largest absolute Gasteiger partial charge is 0.383 e. The second kappa shape index (κ2) is 9.91. The van der Waals surface area contributed by atoms with Crippen LogP contribution in [0.4, 0.5) is 0 Å². The zero-order chi connectivity index (χ0) is 24.6. The van der Waals surface area contributed by atoms with Crippen LogP contribution in [0.15, 0.2) is 35.2 Å². The summed E-state index contributed by atoms with van der Waals surface area (Å²) in [7, 11) is 1.64. The van der Waals surface area contributed by atoms with E-state index in [2.05, 4.69) is 47.2 Å². The van der Waals surface area contributed by atoms with Crippen molar-refractivity contribution in [3.05, 3.63) is 30.2 Å². The maximum absolute atomic E-state index is 13.3. The average Bonchev–Trinajstić information content (AvgIpc) is 3.50. The van der Waals surface area contributed by atoms with Crippen LogP contribution in [0, 0.1) is 58.2 Å². The molecule has 0 aromatic carbocycles. The summed E-state index contributed by atoms with van der Waals surface area (Å²) in [6, 6.07) is 4.72. The van der Waals surface area contributed by atoms with Crippen LogP contribution in [0.25, 0.3) is 0 Å². The maximum Gasteiger partial charge on any atom is 0.155 e. The Morgan fingerprint density at radius 2 is 2.11 bits per heavy atom. The van der Waals surface area contributed by atoms with Crippen LogP contribution in [-0.2, 0) is 4.79 Å². The molecule has 188 valence electrons. The highest BCUT2D eigenvalue weighted by Gasteiger charge is 2.59. The SMILES string of the molecule is C/N=C\C(C#N)=C/NCC(=O)[C@H]1CC[C@H]2[C@@H]3CC[C@@H]4C[C@@H](C)CC(n5cccn5)[C@@H]4[C@H]3CC[C@]12C. The molecule has 6 nitrogen and oxygen atoms in total. The number of aliphatic imine (C=N–C) groups is 1. The number of hydrogen-bond donors (Lipinski definition) is 1. The molecule has 4 aliphatic rings. The van der Waals surface area contributed by atoms with Gasteiger partial charge in [0.2, 0.25) is 0 Å². The Kier molecular flexibility index (Phi) is 6.88. The lowest BCUT2D eigenvalue weighted by Crippen LogP contribution is -2.52. The van der Waals surface area contributed by atoms with Gasteiger partial charge in [0.1, 0.15) is 6.07 Å². The van der Waals surface area contributed by atoms with E-state index in [1.165, 1.54) is 51.2 Å². The number of nitrogens with one attached hydrogen (secondary N) is 1. The molecule has 0 saturated heterocycles. The predicted molar refractivity (Wildman–Crippen MR) is 138 cm³/mol. The number of carbonyl (C=O) groups is 1. The quantitative estimate of drug-likeness (QED) is 0.452. The van der Waals surface area contributed by atoms with Crippen LogP contribution < -0.4 is 5.32 Å². The summed E-state index contributed by atoms with van der Waals surface area (Å²) in [5, 5.41) is 17.0. The first-order valence-corrected chi connectivity index (χ1v) is 13.7. The number of hydrogen-bond acceptors (Lipinski definition) is 5. The van der Waals surface area contributed by atoms with Gasteiger partial charge in [0.15, 0.2) is 5.78 Å². The molecule has 5 rings (SSSR count). The molecule has 1 aromatic rings. The fourth-order valence-corrected chi connectivity index (χ4v) is 9.13. The van der Waals surface area contributed by atoms with Gasteiger partial charge in [-0.25, -0.2) is 0 Å². The van der Waals surface area contributed by atoms with Crippen molar-refractivity contribution in [1.82, 2.24) is 15.1 Å². The topological polar surface area (TPSA) is 83.1 Å². The van der Waals surface area contributed by atoms with E-state index in [1.807, 2.05) is 6.20 Å². The van der Waals surface area contributed by atoms with Crippen LogP contribution in [0.3, 0.4) is 0 Å². The molecular weight excluding hydrogens is 434 g/mol. The van der Waals surface area contributed by atoms with E-state index in [0.29, 0.717) is 29.9 Å². The van der Waals surface area contributed by atoms with Crippen LogP contribution in [0.2, 0.25) is 0 Å². The molecule has 4 saturated carbocycles. The van der Waals surface area contributed by atoms with Gasteiger partial charge in [-0.05, 0) is 98.4 Å². The second-order valence-corrected chi connectivity index (χ2v) is 12.1. The van der Waals surface area contributed by atoms with Gasteiger partial charge < -0.3 is 5.32 Å². The number of allylic oxidation sites excluding steroid dienone is 1. The molecule has 0 spiro atoms. The fraction of sp³-hybridized carbons (Fsp3) is 0.724. The number of fused-ring (bicyclic) bond motifs is 5. The van der Waals surface area contributed by atoms with Crippen molar-refractivity contribution >= 4 is 12.0 Å². The van der Waals surface area contributed by atoms with E-state index in [9.17, 15) is 10.1 Å². The van der Waals surface area contributed by atoms with Gasteiger partial charge in [0.05, 0.1) is 18.2 Å². The van der Waals surface area contributed by atoms with Gasteiger partial charge in [0.25, 0.3) is 0 Å². The van der Waals surface area contributed by atoms with E-state index in [0.717, 1.165) is 36.0 Å². The number of aromatic nitrogens is 2. The van der Waals surface area contributed by atoms with E-state index in [1.54, 1.807) is 13.2 Å². The Hall–Kier alpha value is -2.42. The van der Waals surface area contributed by atoms with Gasteiger partial charge in [-0.1, -0.05) is 13.8 Å². The lowest BCUT2D eigenvalue weighted by Gasteiger charge is -2.57. The summed E-state index contributed by atoms with van der Waals surface area (Å²) in [6.45, 7) is 5.15. The number of carbonyl (C=O) groups excluding carboxylic acids is 1. The first-order valence-electron chi connectivity index (χ1n) is 13.7. The molecule has 9 atom stereocenters. The molecule has 35 heavy (non-hydrogen) atoms. The third-order valence-corrected chi connectivity index (χ3v) is 10.4. The van der Waals surface area contributed by atoms with Crippen molar-refractivity contribution in [2.24, 2.45) is 51.8 Å². The molecule has 1 unspecified atom stereocenters. The number of ketones is 1. The van der Waals surface area contributed by atoms with Gasteiger partial charge in [-0.3, -0.25) is 14.5 Å². The second-order valence-electron chi connectivity index (χ2n) is 12.1. The Bertz CT molecular complexity index is 1010. The zero-order valence-corrected chi connectivity index (χ0v) is 21.6. The average molecular weight is 476 g/mol. The van der Waals surface area contributed by atoms with Crippen molar-refractivity contribution in [2.75, 3.05) is 13.6 Å². The molecule has 1 aromatic heterocycles. The van der Waals surface area contributed by atoms with Crippen molar-refractivity contribution < 1.29 is 4.79 Å². The van der Waals surface area contributed by atoms with Crippen LogP contribution >= 0.6 is 0 Å². The van der Waals surface area contributed by atoms with E-state index < -0.39 is 0 Å². The van der Waals surface area contributed by atoms with E-state index >= 15 is 0 Å². The first-order chi connectivity index (χ1) is 17.0. The van der Waals surface area contributed by atoms with E-state index in [4.69, 9.17) is 5.10 Å². The Morgan fingerprint density at radius 3 is 2.86 bits per heavy atom. The Labute approximate surface area is 210 Å². The zero-order valence-electron chi connectivity index (χ0n) is 21.6. The Morgan fingerprint density at radius 1 is 1.26 bits per heavy atom. The molecule has 0 amide bonds. The standard InChI is InChI=1S/C29H41N5O/c1-19-13-21-5-6-22-23(28(21)26(14-19)34-12-4-11-33-34)9-10-29(2)24(22)7-8-25(29)27(35)18-32-17-20(15-30)16-31-3/h4,11-12,16-17,19,21-26,28,32H,5-10,13-14,18H2,1-3H3/b20-17-,31-16-/t19-,21-,22-,23+,24+,25-,26?,28+,29+/m1/s1. The third kappa shape index (κ3) is 4.36. The van der Waals surface area contributed by atoms with Crippen LogP contribution in [0.5, 0.6) is 0 Å². The van der Waals surface area contributed by atoms with Crippen LogP contribution in [-0.4, -0.2) is 35.4 Å². The molecule has 1 N–H and O–H groups in total. The minimum absolute atomic E-state index is 0.114. The van der Waals surface area contributed by atoms with Gasteiger partial charge in [-0.2, -0.15) is 10.4 Å². The van der Waals surface area contributed by atoms with Gasteiger partial charge in [-0.15, -0.1) is 0 Å². The summed E-state index contributed by atoms with van der Waals surface area (Å²) in [6.07, 6.45) is 17.2. The summed E-state index contributed by atoms with van der Waals surface area (Å²) in [4.78, 5) is 17.2. The monoisotopic (exact) mass is 475 g/mol. The number of rotatable bonds is 6. The number of nitriles is 1. The Balaban J connectivity index is 1.31. The number of nitrogens with zero attached hydrogens (tertiary/aromatic N) is 4. The lowest BCUT2D eigenvalue weighted by atomic mass is 9.48. The lowest BCUT2D eigenvalue weighted by molar-refractivity contribution is -0.130. The molecule has 4 aliphatic carbocycles. The van der Waals surface area contributed by atoms with Crippen molar-refractivity contribution in [2.45, 2.75) is 71.3 Å². The van der Waals surface area contributed by atoms with Gasteiger partial charge in [0, 0.05) is 37.8 Å². The smallest absolute Gasteiger partial charge is 0.155 e. The highest BCUT2D eigenvalue weighted by molar-refractivity contribution is 5.85. The summed E-state index contributed by atoms with van der Waals surface area (Å²) < 4.78 is 2.28. The predicted octanol–water partition coefficient (Wildman–Crippen LogP) is 5.21.